The maximum absolute atomic E-state index is 9.68. The zero-order valence-electron chi connectivity index (χ0n) is 10.8. The fraction of sp³-hybridized carbons (Fsp3) is 0.538. The highest BCUT2D eigenvalue weighted by atomic mass is 16.3. The number of aliphatic hydroxyl groups is 1. The zero-order chi connectivity index (χ0) is 13.8. The van der Waals surface area contributed by atoms with Gasteiger partial charge in [-0.05, 0) is 25.8 Å². The quantitative estimate of drug-likeness (QED) is 0.496. The van der Waals surface area contributed by atoms with Gasteiger partial charge in [-0.2, -0.15) is 0 Å². The molecule has 0 bridgehead atoms. The summed E-state index contributed by atoms with van der Waals surface area (Å²) in [5.74, 6) is -1.16. The molecule has 18 heavy (non-hydrogen) atoms. The predicted octanol–water partition coefficient (Wildman–Crippen LogP) is 1.44. The van der Waals surface area contributed by atoms with E-state index in [4.69, 9.17) is 5.11 Å². The van der Waals surface area contributed by atoms with Gasteiger partial charge in [0.05, 0.1) is 0 Å². The Labute approximate surface area is 107 Å². The van der Waals surface area contributed by atoms with Crippen molar-refractivity contribution >= 4 is 0 Å². The third kappa shape index (κ3) is 3.27. The SMILES string of the molecule is CCC(C)(CCO)NCc1ccc(O)c(O)c1O. The highest BCUT2D eigenvalue weighted by molar-refractivity contribution is 5.53. The lowest BCUT2D eigenvalue weighted by Gasteiger charge is -2.29. The van der Waals surface area contributed by atoms with Crippen molar-refractivity contribution in [3.8, 4) is 17.2 Å². The second kappa shape index (κ2) is 5.93. The van der Waals surface area contributed by atoms with E-state index in [9.17, 15) is 15.3 Å². The summed E-state index contributed by atoms with van der Waals surface area (Å²) in [5.41, 5.74) is 0.275. The summed E-state index contributed by atoms with van der Waals surface area (Å²) in [5, 5.41) is 40.5. The Morgan fingerprint density at radius 3 is 2.39 bits per heavy atom. The number of phenols is 3. The minimum Gasteiger partial charge on any atom is -0.504 e. The van der Waals surface area contributed by atoms with E-state index in [1.165, 1.54) is 6.07 Å². The van der Waals surface area contributed by atoms with Crippen molar-refractivity contribution in [3.05, 3.63) is 17.7 Å². The van der Waals surface area contributed by atoms with Crippen molar-refractivity contribution in [2.45, 2.75) is 38.8 Å². The molecule has 0 spiro atoms. The number of aromatic hydroxyl groups is 3. The number of rotatable bonds is 6. The fourth-order valence-electron chi connectivity index (χ4n) is 1.70. The van der Waals surface area contributed by atoms with Crippen molar-refractivity contribution in [1.82, 2.24) is 5.32 Å². The second-order valence-corrected chi connectivity index (χ2v) is 4.68. The highest BCUT2D eigenvalue weighted by Crippen LogP contribution is 2.37. The monoisotopic (exact) mass is 255 g/mol. The number of phenolic OH excluding ortho intramolecular Hbond substituents is 3. The predicted molar refractivity (Wildman–Crippen MR) is 68.7 cm³/mol. The molecule has 0 saturated carbocycles. The van der Waals surface area contributed by atoms with Crippen LogP contribution >= 0.6 is 0 Å². The van der Waals surface area contributed by atoms with Gasteiger partial charge in [-0.25, -0.2) is 0 Å². The number of aliphatic hydroxyl groups excluding tert-OH is 1. The summed E-state index contributed by atoms with van der Waals surface area (Å²) in [7, 11) is 0. The van der Waals surface area contributed by atoms with E-state index in [1.54, 1.807) is 6.07 Å². The van der Waals surface area contributed by atoms with Crippen molar-refractivity contribution < 1.29 is 20.4 Å². The van der Waals surface area contributed by atoms with Crippen LogP contribution in [0.15, 0.2) is 12.1 Å². The summed E-state index contributed by atoms with van der Waals surface area (Å²) in [4.78, 5) is 0. The van der Waals surface area contributed by atoms with Crippen LogP contribution in [0.2, 0.25) is 0 Å². The molecule has 0 saturated heterocycles. The van der Waals surface area contributed by atoms with Gasteiger partial charge in [0, 0.05) is 24.3 Å². The smallest absolute Gasteiger partial charge is 0.200 e. The maximum Gasteiger partial charge on any atom is 0.200 e. The minimum atomic E-state index is -0.505. The Balaban J connectivity index is 2.77. The molecule has 1 aromatic carbocycles. The van der Waals surface area contributed by atoms with Crippen LogP contribution in [0.25, 0.3) is 0 Å². The van der Waals surface area contributed by atoms with Crippen molar-refractivity contribution in [2.24, 2.45) is 0 Å². The number of hydrogen-bond acceptors (Lipinski definition) is 5. The van der Waals surface area contributed by atoms with Crippen LogP contribution in [0.1, 0.15) is 32.3 Å². The topological polar surface area (TPSA) is 93.0 Å². The lowest BCUT2D eigenvalue weighted by molar-refractivity contribution is 0.214. The molecule has 0 aliphatic heterocycles. The van der Waals surface area contributed by atoms with Crippen molar-refractivity contribution in [1.29, 1.82) is 0 Å². The molecule has 1 unspecified atom stereocenters. The zero-order valence-corrected chi connectivity index (χ0v) is 10.8. The number of benzene rings is 1. The van der Waals surface area contributed by atoms with Gasteiger partial charge in [0.1, 0.15) is 0 Å². The molecule has 0 aromatic heterocycles. The molecular weight excluding hydrogens is 234 g/mol. The molecule has 5 N–H and O–H groups in total. The molecule has 0 amide bonds. The van der Waals surface area contributed by atoms with E-state index in [2.05, 4.69) is 5.32 Å². The fourth-order valence-corrected chi connectivity index (χ4v) is 1.70. The standard InChI is InChI=1S/C13H21NO4/c1-3-13(2,6-7-15)14-8-9-4-5-10(16)12(18)11(9)17/h4-5,14-18H,3,6-8H2,1-2H3. The van der Waals surface area contributed by atoms with Crippen LogP contribution in [-0.4, -0.2) is 32.6 Å². The normalized spacial score (nSPS) is 14.4. The molecule has 1 aromatic rings. The molecule has 5 nitrogen and oxygen atoms in total. The Morgan fingerprint density at radius 2 is 1.83 bits per heavy atom. The molecule has 1 atom stereocenters. The second-order valence-electron chi connectivity index (χ2n) is 4.68. The maximum atomic E-state index is 9.68. The molecule has 1 rings (SSSR count). The van der Waals surface area contributed by atoms with E-state index in [-0.39, 0.29) is 23.6 Å². The van der Waals surface area contributed by atoms with E-state index in [0.717, 1.165) is 6.42 Å². The van der Waals surface area contributed by atoms with Crippen LogP contribution in [0, 0.1) is 0 Å². The third-order valence-corrected chi connectivity index (χ3v) is 3.36. The Morgan fingerprint density at radius 1 is 1.17 bits per heavy atom. The minimum absolute atomic E-state index is 0.0875. The van der Waals surface area contributed by atoms with Gasteiger partial charge < -0.3 is 25.7 Å². The van der Waals surface area contributed by atoms with Crippen molar-refractivity contribution in [3.63, 3.8) is 0 Å². The van der Waals surface area contributed by atoms with Gasteiger partial charge in [-0.1, -0.05) is 13.0 Å². The first-order valence-electron chi connectivity index (χ1n) is 6.02. The molecule has 102 valence electrons. The largest absolute Gasteiger partial charge is 0.504 e. The van der Waals surface area contributed by atoms with Gasteiger partial charge in [0.2, 0.25) is 5.75 Å². The Bertz CT molecular complexity index is 408. The van der Waals surface area contributed by atoms with Crippen LogP contribution < -0.4 is 5.32 Å². The summed E-state index contributed by atoms with van der Waals surface area (Å²) in [6.07, 6.45) is 1.44. The Hall–Kier alpha value is -1.46. The molecule has 0 aliphatic carbocycles. The van der Waals surface area contributed by atoms with Gasteiger partial charge >= 0.3 is 0 Å². The molecule has 0 radical (unpaired) electrons. The Kier molecular flexibility index (Phi) is 4.81. The number of hydrogen-bond donors (Lipinski definition) is 5. The summed E-state index contributed by atoms with van der Waals surface area (Å²) >= 11 is 0. The van der Waals surface area contributed by atoms with Gasteiger partial charge in [0.15, 0.2) is 11.5 Å². The first kappa shape index (κ1) is 14.6. The molecule has 0 aliphatic rings. The van der Waals surface area contributed by atoms with Crippen LogP contribution in [0.3, 0.4) is 0 Å². The van der Waals surface area contributed by atoms with Gasteiger partial charge in [-0.15, -0.1) is 0 Å². The summed E-state index contributed by atoms with van der Waals surface area (Å²) in [6.45, 7) is 4.44. The van der Waals surface area contributed by atoms with Gasteiger partial charge in [0.25, 0.3) is 0 Å². The van der Waals surface area contributed by atoms with Gasteiger partial charge in [-0.3, -0.25) is 0 Å². The average molecular weight is 255 g/mol. The van der Waals surface area contributed by atoms with E-state index < -0.39 is 5.75 Å². The summed E-state index contributed by atoms with van der Waals surface area (Å²) in [6, 6.07) is 2.88. The van der Waals surface area contributed by atoms with Crippen LogP contribution in [0.4, 0.5) is 0 Å². The lowest BCUT2D eigenvalue weighted by atomic mass is 9.94. The van der Waals surface area contributed by atoms with E-state index in [0.29, 0.717) is 18.5 Å². The summed E-state index contributed by atoms with van der Waals surface area (Å²) < 4.78 is 0. The molecule has 5 heteroatoms. The van der Waals surface area contributed by atoms with E-state index >= 15 is 0 Å². The van der Waals surface area contributed by atoms with Crippen LogP contribution in [-0.2, 0) is 6.54 Å². The average Bonchev–Trinajstić information content (AvgIpc) is 2.35. The van der Waals surface area contributed by atoms with Crippen molar-refractivity contribution in [2.75, 3.05) is 6.61 Å². The third-order valence-electron chi connectivity index (χ3n) is 3.36. The van der Waals surface area contributed by atoms with Crippen LogP contribution in [0.5, 0.6) is 17.2 Å². The van der Waals surface area contributed by atoms with E-state index in [1.807, 2.05) is 13.8 Å². The molecule has 0 heterocycles. The lowest BCUT2D eigenvalue weighted by Crippen LogP contribution is -2.42. The molecular formula is C13H21NO4. The highest BCUT2D eigenvalue weighted by Gasteiger charge is 2.21. The molecule has 0 fully saturated rings. The first-order valence-corrected chi connectivity index (χ1v) is 6.02. The first-order chi connectivity index (χ1) is 8.43. The number of nitrogens with one attached hydrogen (secondary N) is 1.